The number of hydrogen-bond acceptors (Lipinski definition) is 2. The van der Waals surface area contributed by atoms with E-state index in [2.05, 4.69) is 0 Å². The fourth-order valence-corrected chi connectivity index (χ4v) is 0.440. The van der Waals surface area contributed by atoms with Gasteiger partial charge in [0.1, 0.15) is 0 Å². The molecular formula is C4H8Cl2O2Zn. The van der Waals surface area contributed by atoms with E-state index >= 15 is 0 Å². The van der Waals surface area contributed by atoms with Crippen LogP contribution in [-0.4, -0.2) is 26.4 Å². The van der Waals surface area contributed by atoms with Crippen molar-refractivity contribution >= 4 is 19.4 Å². The zero-order valence-electron chi connectivity index (χ0n) is 5.11. The van der Waals surface area contributed by atoms with Crippen LogP contribution in [0.3, 0.4) is 0 Å². The second-order valence-corrected chi connectivity index (χ2v) is 5.95. The molecule has 0 bridgehead atoms. The molecule has 0 N–H and O–H groups in total. The Balaban J connectivity index is 0.000000187. The molecule has 1 aliphatic rings. The van der Waals surface area contributed by atoms with E-state index in [0.29, 0.717) is 0 Å². The Hall–Kier alpha value is 1.12. The van der Waals surface area contributed by atoms with E-state index in [9.17, 15) is 0 Å². The summed E-state index contributed by atoms with van der Waals surface area (Å²) in [7, 11) is 9.90. The molecular weight excluding hydrogens is 216 g/mol. The summed E-state index contributed by atoms with van der Waals surface area (Å²) in [6.45, 7) is 3.11. The molecule has 5 heteroatoms. The van der Waals surface area contributed by atoms with E-state index in [1.807, 2.05) is 0 Å². The van der Waals surface area contributed by atoms with Gasteiger partial charge in [-0.25, -0.2) is 0 Å². The average Bonchev–Trinajstić information content (AvgIpc) is 1.93. The van der Waals surface area contributed by atoms with E-state index in [4.69, 9.17) is 28.9 Å². The summed E-state index contributed by atoms with van der Waals surface area (Å²) >= 11 is -0.931. The molecule has 0 aromatic rings. The Morgan fingerprint density at radius 2 is 1.11 bits per heavy atom. The fraction of sp³-hybridized carbons (Fsp3) is 1.00. The van der Waals surface area contributed by atoms with Crippen molar-refractivity contribution in [2.45, 2.75) is 0 Å². The van der Waals surface area contributed by atoms with Crippen molar-refractivity contribution < 1.29 is 24.6 Å². The summed E-state index contributed by atoms with van der Waals surface area (Å²) < 4.78 is 9.89. The van der Waals surface area contributed by atoms with Gasteiger partial charge in [-0.15, -0.1) is 0 Å². The minimum absolute atomic E-state index is 0.778. The van der Waals surface area contributed by atoms with Crippen molar-refractivity contribution in [1.29, 1.82) is 0 Å². The molecule has 0 saturated carbocycles. The van der Waals surface area contributed by atoms with Crippen LogP contribution in [-0.2, 0) is 24.6 Å². The van der Waals surface area contributed by atoms with Gasteiger partial charge in [0, 0.05) is 0 Å². The van der Waals surface area contributed by atoms with Gasteiger partial charge in [0.05, 0.1) is 26.4 Å². The van der Waals surface area contributed by atoms with Gasteiger partial charge >= 0.3 is 34.5 Å². The molecule has 52 valence electrons. The second-order valence-electron chi connectivity index (χ2n) is 1.33. The van der Waals surface area contributed by atoms with E-state index in [-0.39, 0.29) is 0 Å². The molecule has 0 aromatic heterocycles. The Bertz CT molecular complexity index is 40.3. The number of hydrogen-bond donors (Lipinski definition) is 0. The molecule has 0 aromatic carbocycles. The number of rotatable bonds is 0. The Kier molecular flexibility index (Phi) is 10.3. The van der Waals surface area contributed by atoms with Gasteiger partial charge in [-0.05, 0) is 0 Å². The molecule has 1 aliphatic heterocycles. The van der Waals surface area contributed by atoms with Crippen molar-refractivity contribution in [2.75, 3.05) is 26.4 Å². The van der Waals surface area contributed by atoms with Crippen molar-refractivity contribution in [1.82, 2.24) is 0 Å². The normalized spacial score (nSPS) is 17.1. The van der Waals surface area contributed by atoms with Crippen LogP contribution in [0.1, 0.15) is 0 Å². The van der Waals surface area contributed by atoms with Crippen molar-refractivity contribution in [2.24, 2.45) is 0 Å². The Morgan fingerprint density at radius 1 is 0.889 bits per heavy atom. The van der Waals surface area contributed by atoms with Crippen LogP contribution in [0.15, 0.2) is 0 Å². The third-order valence-corrected chi connectivity index (χ3v) is 0.744. The van der Waals surface area contributed by atoms with Crippen LogP contribution in [0.4, 0.5) is 0 Å². The third kappa shape index (κ3) is 9.12. The van der Waals surface area contributed by atoms with Gasteiger partial charge in [-0.3, -0.25) is 0 Å². The van der Waals surface area contributed by atoms with Gasteiger partial charge in [0.25, 0.3) is 0 Å². The molecule has 1 saturated heterocycles. The van der Waals surface area contributed by atoms with Crippen LogP contribution in [0.25, 0.3) is 0 Å². The Labute approximate surface area is 70.5 Å². The van der Waals surface area contributed by atoms with Gasteiger partial charge in [-0.1, -0.05) is 0 Å². The van der Waals surface area contributed by atoms with Crippen LogP contribution in [0.5, 0.6) is 0 Å². The molecule has 0 spiro atoms. The summed E-state index contributed by atoms with van der Waals surface area (Å²) in [5, 5.41) is 0. The maximum absolute atomic E-state index is 4.95. The molecule has 2 nitrogen and oxygen atoms in total. The van der Waals surface area contributed by atoms with Crippen molar-refractivity contribution in [3.8, 4) is 0 Å². The van der Waals surface area contributed by atoms with Gasteiger partial charge in [0.15, 0.2) is 0 Å². The Morgan fingerprint density at radius 3 is 1.22 bits per heavy atom. The maximum atomic E-state index is 4.95. The van der Waals surface area contributed by atoms with Crippen LogP contribution in [0, 0.1) is 0 Å². The summed E-state index contributed by atoms with van der Waals surface area (Å²) in [4.78, 5) is 0. The molecule has 1 rings (SSSR count). The first-order chi connectivity index (χ1) is 4.41. The van der Waals surface area contributed by atoms with E-state index in [0.717, 1.165) is 26.4 Å². The third-order valence-electron chi connectivity index (χ3n) is 0.744. The second kappa shape index (κ2) is 9.12. The molecule has 0 aliphatic carbocycles. The molecule has 1 fully saturated rings. The molecule has 0 radical (unpaired) electrons. The molecule has 1 heterocycles. The standard InChI is InChI=1S/C4H8O2.2ClH.Zn/c1-2-6-4-3-5-1;;;/h1-4H2;2*1H;/q;;;+2/p-2. The molecule has 0 amide bonds. The zero-order chi connectivity index (χ0) is 6.95. The van der Waals surface area contributed by atoms with E-state index in [1.54, 1.807) is 0 Å². The zero-order valence-corrected chi connectivity index (χ0v) is 9.59. The van der Waals surface area contributed by atoms with Crippen molar-refractivity contribution in [3.05, 3.63) is 0 Å². The molecule has 9 heavy (non-hydrogen) atoms. The topological polar surface area (TPSA) is 18.5 Å². The summed E-state index contributed by atoms with van der Waals surface area (Å²) in [6, 6.07) is 0. The van der Waals surface area contributed by atoms with Gasteiger partial charge < -0.3 is 9.47 Å². The van der Waals surface area contributed by atoms with Crippen LogP contribution >= 0.6 is 19.4 Å². The summed E-state index contributed by atoms with van der Waals surface area (Å²) in [5.41, 5.74) is 0. The first-order valence-electron chi connectivity index (χ1n) is 2.69. The summed E-state index contributed by atoms with van der Waals surface area (Å²) in [6.07, 6.45) is 0. The predicted octanol–water partition coefficient (Wildman–Crippen LogP) is 1.41. The molecule has 0 atom stereocenters. The minimum atomic E-state index is -0.931. The SMILES string of the molecule is C1COCCO1.[Cl][Zn][Cl]. The van der Waals surface area contributed by atoms with Crippen LogP contribution in [0.2, 0.25) is 0 Å². The number of ether oxygens (including phenoxy) is 2. The van der Waals surface area contributed by atoms with Gasteiger partial charge in [0.2, 0.25) is 0 Å². The molecule has 0 unspecified atom stereocenters. The van der Waals surface area contributed by atoms with E-state index in [1.165, 1.54) is 0 Å². The fourth-order valence-electron chi connectivity index (χ4n) is 0.440. The summed E-state index contributed by atoms with van der Waals surface area (Å²) in [5.74, 6) is 0. The predicted molar refractivity (Wildman–Crippen MR) is 33.3 cm³/mol. The average molecular weight is 224 g/mol. The first-order valence-corrected chi connectivity index (χ1v) is 10.5. The van der Waals surface area contributed by atoms with E-state index < -0.39 is 15.1 Å². The number of halogens is 2. The quantitative estimate of drug-likeness (QED) is 0.579. The first kappa shape index (κ1) is 10.1. The van der Waals surface area contributed by atoms with Crippen LogP contribution < -0.4 is 0 Å². The van der Waals surface area contributed by atoms with Gasteiger partial charge in [-0.2, -0.15) is 0 Å². The monoisotopic (exact) mass is 222 g/mol. The van der Waals surface area contributed by atoms with Crippen molar-refractivity contribution in [3.63, 3.8) is 0 Å².